The van der Waals surface area contributed by atoms with E-state index in [-0.39, 0.29) is 17.5 Å². The van der Waals surface area contributed by atoms with Gasteiger partial charge in [0.1, 0.15) is 5.82 Å². The van der Waals surface area contributed by atoms with Crippen molar-refractivity contribution in [3.63, 3.8) is 0 Å². The molecule has 1 aromatic carbocycles. The number of carbonyl (C=O) groups is 2. The molecule has 2 N–H and O–H groups in total. The summed E-state index contributed by atoms with van der Waals surface area (Å²) in [5, 5.41) is 11.6. The summed E-state index contributed by atoms with van der Waals surface area (Å²) in [6.45, 7) is 3.64. The first-order chi connectivity index (χ1) is 9.52. The molecule has 1 unspecified atom stereocenters. The molecule has 0 saturated carbocycles. The van der Waals surface area contributed by atoms with Crippen LogP contribution in [0.15, 0.2) is 18.2 Å². The Kier molecular flexibility index (Phi) is 4.34. The number of piperazine rings is 1. The fraction of sp³-hybridized carbons (Fsp3) is 0.429. The molecular weight excluding hydrogens is 263 g/mol. The van der Waals surface area contributed by atoms with Gasteiger partial charge in [-0.2, -0.15) is 0 Å². The lowest BCUT2D eigenvalue weighted by atomic mass is 10.1. The Morgan fingerprint density at radius 2 is 2.30 bits per heavy atom. The van der Waals surface area contributed by atoms with E-state index in [1.54, 1.807) is 6.07 Å². The number of carboxylic acids is 1. The van der Waals surface area contributed by atoms with E-state index in [0.29, 0.717) is 31.6 Å². The minimum absolute atomic E-state index is 0.0126. The van der Waals surface area contributed by atoms with Crippen LogP contribution >= 0.6 is 0 Å². The third-order valence-corrected chi connectivity index (χ3v) is 3.48. The molecule has 0 aliphatic carbocycles. The van der Waals surface area contributed by atoms with Crippen LogP contribution in [-0.4, -0.2) is 41.0 Å². The number of rotatable bonds is 4. The van der Waals surface area contributed by atoms with Gasteiger partial charge in [-0.3, -0.25) is 9.69 Å². The molecule has 1 saturated heterocycles. The van der Waals surface area contributed by atoms with Gasteiger partial charge in [-0.25, -0.2) is 9.18 Å². The normalized spacial score (nSPS) is 19.7. The second-order valence-corrected chi connectivity index (χ2v) is 4.80. The maximum Gasteiger partial charge on any atom is 0.338 e. The van der Waals surface area contributed by atoms with Gasteiger partial charge in [0.15, 0.2) is 0 Å². The molecule has 20 heavy (non-hydrogen) atoms. The van der Waals surface area contributed by atoms with Crippen molar-refractivity contribution in [1.82, 2.24) is 10.2 Å². The number of hydrogen-bond donors (Lipinski definition) is 2. The van der Waals surface area contributed by atoms with Crippen molar-refractivity contribution in [2.45, 2.75) is 25.9 Å². The molecule has 1 atom stereocenters. The largest absolute Gasteiger partial charge is 0.478 e. The van der Waals surface area contributed by atoms with Crippen molar-refractivity contribution in [3.05, 3.63) is 35.1 Å². The number of carboxylic acid groups (broad SMARTS) is 1. The molecule has 1 aliphatic rings. The van der Waals surface area contributed by atoms with Crippen molar-refractivity contribution in [2.75, 3.05) is 13.1 Å². The summed E-state index contributed by atoms with van der Waals surface area (Å²) in [7, 11) is 0. The summed E-state index contributed by atoms with van der Waals surface area (Å²) in [5.41, 5.74) is 0.331. The molecule has 1 amide bonds. The van der Waals surface area contributed by atoms with Gasteiger partial charge in [0.2, 0.25) is 5.91 Å². The zero-order chi connectivity index (χ0) is 14.7. The molecule has 0 radical (unpaired) electrons. The minimum Gasteiger partial charge on any atom is -0.478 e. The number of halogens is 1. The van der Waals surface area contributed by atoms with Crippen LogP contribution in [0.5, 0.6) is 0 Å². The average Bonchev–Trinajstić information content (AvgIpc) is 2.38. The summed E-state index contributed by atoms with van der Waals surface area (Å²) in [6, 6.07) is 3.86. The number of nitrogens with one attached hydrogen (secondary N) is 1. The molecule has 108 valence electrons. The van der Waals surface area contributed by atoms with Gasteiger partial charge in [0.25, 0.3) is 0 Å². The Morgan fingerprint density at radius 3 is 2.90 bits per heavy atom. The van der Waals surface area contributed by atoms with Crippen LogP contribution in [0.4, 0.5) is 4.39 Å². The van der Waals surface area contributed by atoms with Crippen LogP contribution in [0, 0.1) is 5.82 Å². The fourth-order valence-corrected chi connectivity index (χ4v) is 2.46. The van der Waals surface area contributed by atoms with E-state index in [9.17, 15) is 14.0 Å². The van der Waals surface area contributed by atoms with E-state index in [1.165, 1.54) is 12.1 Å². The Morgan fingerprint density at radius 1 is 1.55 bits per heavy atom. The van der Waals surface area contributed by atoms with Gasteiger partial charge >= 0.3 is 5.97 Å². The first-order valence-electron chi connectivity index (χ1n) is 6.56. The van der Waals surface area contributed by atoms with Crippen LogP contribution < -0.4 is 5.32 Å². The first kappa shape index (κ1) is 14.5. The fourth-order valence-electron chi connectivity index (χ4n) is 2.46. The molecule has 0 bridgehead atoms. The zero-order valence-electron chi connectivity index (χ0n) is 11.2. The maximum absolute atomic E-state index is 13.6. The molecule has 6 heteroatoms. The van der Waals surface area contributed by atoms with E-state index < -0.39 is 11.8 Å². The van der Waals surface area contributed by atoms with Crippen LogP contribution in [0.3, 0.4) is 0 Å². The highest BCUT2D eigenvalue weighted by atomic mass is 19.1. The second-order valence-electron chi connectivity index (χ2n) is 4.80. The van der Waals surface area contributed by atoms with Crippen LogP contribution in [0.1, 0.15) is 29.3 Å². The van der Waals surface area contributed by atoms with Gasteiger partial charge in [0.05, 0.1) is 11.6 Å². The first-order valence-corrected chi connectivity index (χ1v) is 6.56. The summed E-state index contributed by atoms with van der Waals surface area (Å²) in [6.07, 6.45) is 0.682. The third kappa shape index (κ3) is 2.96. The molecule has 0 aromatic heterocycles. The van der Waals surface area contributed by atoms with Crippen LogP contribution in [0.25, 0.3) is 0 Å². The summed E-state index contributed by atoms with van der Waals surface area (Å²) >= 11 is 0. The quantitative estimate of drug-likeness (QED) is 0.870. The van der Waals surface area contributed by atoms with E-state index >= 15 is 0 Å². The molecule has 5 nitrogen and oxygen atoms in total. The predicted molar refractivity (Wildman–Crippen MR) is 70.9 cm³/mol. The van der Waals surface area contributed by atoms with E-state index in [1.807, 2.05) is 11.8 Å². The number of aromatic carboxylic acids is 1. The second kappa shape index (κ2) is 6.00. The lowest BCUT2D eigenvalue weighted by Crippen LogP contribution is -2.54. The van der Waals surface area contributed by atoms with Crippen molar-refractivity contribution < 1.29 is 19.1 Å². The highest BCUT2D eigenvalue weighted by Crippen LogP contribution is 2.16. The highest BCUT2D eigenvalue weighted by molar-refractivity contribution is 5.87. The summed E-state index contributed by atoms with van der Waals surface area (Å²) < 4.78 is 13.6. The molecule has 1 heterocycles. The number of nitrogens with zero attached hydrogens (tertiary/aromatic N) is 1. The molecule has 0 spiro atoms. The van der Waals surface area contributed by atoms with E-state index in [2.05, 4.69) is 5.32 Å². The lowest BCUT2D eigenvalue weighted by Gasteiger charge is -2.34. The smallest absolute Gasteiger partial charge is 0.338 e. The Balaban J connectivity index is 2.15. The third-order valence-electron chi connectivity index (χ3n) is 3.48. The standard InChI is InChI=1S/C14H17FN2O3/c1-2-12-13(18)16-5-6-17(12)8-9-3-4-10(14(19)20)11(15)7-9/h3-4,7,12H,2,5-6,8H2,1H3,(H,16,18)(H,19,20). The van der Waals surface area contributed by atoms with Crippen molar-refractivity contribution in [1.29, 1.82) is 0 Å². The Labute approximate surface area is 116 Å². The topological polar surface area (TPSA) is 69.6 Å². The predicted octanol–water partition coefficient (Wildman–Crippen LogP) is 1.23. The minimum atomic E-state index is -1.28. The Hall–Kier alpha value is -1.95. The average molecular weight is 280 g/mol. The van der Waals surface area contributed by atoms with Gasteiger partial charge in [-0.15, -0.1) is 0 Å². The molecular formula is C14H17FN2O3. The van der Waals surface area contributed by atoms with Gasteiger partial charge in [-0.05, 0) is 24.1 Å². The highest BCUT2D eigenvalue weighted by Gasteiger charge is 2.28. The Bertz CT molecular complexity index is 533. The van der Waals surface area contributed by atoms with Gasteiger partial charge < -0.3 is 10.4 Å². The SMILES string of the molecule is CCC1C(=O)NCCN1Cc1ccc(C(=O)O)c(F)c1. The number of hydrogen-bond acceptors (Lipinski definition) is 3. The monoisotopic (exact) mass is 280 g/mol. The maximum atomic E-state index is 13.6. The van der Waals surface area contributed by atoms with Gasteiger partial charge in [-0.1, -0.05) is 13.0 Å². The van der Waals surface area contributed by atoms with E-state index in [4.69, 9.17) is 5.11 Å². The number of carbonyl (C=O) groups excluding carboxylic acids is 1. The van der Waals surface area contributed by atoms with Gasteiger partial charge in [0, 0.05) is 19.6 Å². The molecule has 1 fully saturated rings. The molecule has 1 aromatic rings. The summed E-state index contributed by atoms with van der Waals surface area (Å²) in [5.74, 6) is -2.04. The lowest BCUT2D eigenvalue weighted by molar-refractivity contribution is -0.129. The number of amides is 1. The number of benzene rings is 1. The molecule has 1 aliphatic heterocycles. The van der Waals surface area contributed by atoms with Crippen molar-refractivity contribution in [3.8, 4) is 0 Å². The zero-order valence-corrected chi connectivity index (χ0v) is 11.2. The summed E-state index contributed by atoms with van der Waals surface area (Å²) in [4.78, 5) is 24.5. The van der Waals surface area contributed by atoms with E-state index in [0.717, 1.165) is 0 Å². The van der Waals surface area contributed by atoms with Crippen molar-refractivity contribution in [2.24, 2.45) is 0 Å². The van der Waals surface area contributed by atoms with Crippen LogP contribution in [0.2, 0.25) is 0 Å². The molecule has 2 rings (SSSR count). The van der Waals surface area contributed by atoms with Crippen LogP contribution in [-0.2, 0) is 11.3 Å². The van der Waals surface area contributed by atoms with Crippen molar-refractivity contribution >= 4 is 11.9 Å².